The fraction of sp³-hybridized carbons (Fsp3) is 0.143. The van der Waals surface area contributed by atoms with Gasteiger partial charge < -0.3 is 14.7 Å². The molecule has 146 valence electrons. The van der Waals surface area contributed by atoms with Crippen LogP contribution in [0.2, 0.25) is 0 Å². The van der Waals surface area contributed by atoms with Crippen molar-refractivity contribution in [3.63, 3.8) is 0 Å². The second kappa shape index (κ2) is 7.59. The van der Waals surface area contributed by atoms with Crippen molar-refractivity contribution in [2.24, 2.45) is 0 Å². The predicted molar refractivity (Wildman–Crippen MR) is 108 cm³/mol. The van der Waals surface area contributed by atoms with Crippen molar-refractivity contribution >= 4 is 28.7 Å². The van der Waals surface area contributed by atoms with E-state index in [0.717, 1.165) is 16.7 Å². The number of benzene rings is 2. The molecule has 2 aromatic carbocycles. The largest absolute Gasteiger partial charge is 0.360 e. The zero-order valence-corrected chi connectivity index (χ0v) is 16.0. The van der Waals surface area contributed by atoms with Crippen molar-refractivity contribution in [3.8, 4) is 5.69 Å². The summed E-state index contributed by atoms with van der Waals surface area (Å²) in [5.74, 6) is 0.315. The molecule has 0 aliphatic rings. The molecule has 0 aliphatic heterocycles. The van der Waals surface area contributed by atoms with Gasteiger partial charge in [0.25, 0.3) is 5.91 Å². The van der Waals surface area contributed by atoms with Gasteiger partial charge in [0, 0.05) is 24.4 Å². The zero-order valence-electron chi connectivity index (χ0n) is 16.0. The lowest BCUT2D eigenvalue weighted by atomic mass is 10.1. The highest BCUT2D eigenvalue weighted by Gasteiger charge is 2.16. The van der Waals surface area contributed by atoms with Crippen LogP contribution < -0.4 is 5.32 Å². The molecule has 0 aliphatic carbocycles. The zero-order chi connectivity index (χ0) is 20.4. The minimum atomic E-state index is -0.351. The Bertz CT molecular complexity index is 1180. The van der Waals surface area contributed by atoms with E-state index in [1.165, 1.54) is 4.90 Å². The Morgan fingerprint density at radius 3 is 2.62 bits per heavy atom. The second-order valence-corrected chi connectivity index (χ2v) is 6.68. The molecule has 0 unspecified atom stereocenters. The Hall–Kier alpha value is -3.94. The Morgan fingerprint density at radius 2 is 1.90 bits per heavy atom. The lowest BCUT2D eigenvalue weighted by Crippen LogP contribution is -2.35. The fourth-order valence-corrected chi connectivity index (χ4v) is 3.04. The Morgan fingerprint density at radius 1 is 1.14 bits per heavy atom. The number of imidazole rings is 1. The third-order valence-corrected chi connectivity index (χ3v) is 4.47. The van der Waals surface area contributed by atoms with Crippen LogP contribution in [0.15, 0.2) is 65.4 Å². The molecule has 0 radical (unpaired) electrons. The van der Waals surface area contributed by atoms with E-state index >= 15 is 0 Å². The summed E-state index contributed by atoms with van der Waals surface area (Å²) in [5, 5.41) is 6.30. The van der Waals surface area contributed by atoms with Crippen LogP contribution in [0.5, 0.6) is 0 Å². The maximum Gasteiger partial charge on any atom is 0.254 e. The van der Waals surface area contributed by atoms with Crippen molar-refractivity contribution in [2.45, 2.75) is 6.92 Å². The minimum Gasteiger partial charge on any atom is -0.360 e. The molecule has 0 bridgehead atoms. The summed E-state index contributed by atoms with van der Waals surface area (Å²) in [6.07, 6.45) is 1.75. The second-order valence-electron chi connectivity index (χ2n) is 6.68. The molecule has 2 heterocycles. The van der Waals surface area contributed by atoms with Crippen LogP contribution in [0.3, 0.4) is 0 Å². The van der Waals surface area contributed by atoms with E-state index in [1.54, 1.807) is 38.5 Å². The molecular formula is C21H19N5O3. The molecule has 4 rings (SSSR count). The first-order chi connectivity index (χ1) is 14.0. The van der Waals surface area contributed by atoms with Gasteiger partial charge in [-0.3, -0.25) is 14.2 Å². The summed E-state index contributed by atoms with van der Waals surface area (Å²) in [6.45, 7) is 1.63. The normalized spacial score (nSPS) is 10.8. The molecule has 2 amide bonds. The smallest absolute Gasteiger partial charge is 0.254 e. The predicted octanol–water partition coefficient (Wildman–Crippen LogP) is 3.03. The molecule has 1 N–H and O–H groups in total. The summed E-state index contributed by atoms with van der Waals surface area (Å²) >= 11 is 0. The molecule has 0 saturated carbocycles. The van der Waals surface area contributed by atoms with E-state index < -0.39 is 0 Å². The molecule has 0 fully saturated rings. The summed E-state index contributed by atoms with van der Waals surface area (Å²) in [6, 6.07) is 16.6. The highest BCUT2D eigenvalue weighted by atomic mass is 16.5. The fourth-order valence-electron chi connectivity index (χ4n) is 3.04. The van der Waals surface area contributed by atoms with Gasteiger partial charge in [-0.15, -0.1) is 0 Å². The SMILES string of the molecule is Cc1cc(NC(=O)CN(C)C(=O)c2ccc(-n3cnc4ccccc43)cc2)no1. The number of fused-ring (bicyclic) bond motifs is 1. The van der Waals surface area contributed by atoms with Crippen molar-refractivity contribution in [1.29, 1.82) is 0 Å². The summed E-state index contributed by atoms with van der Waals surface area (Å²) < 4.78 is 6.86. The molecule has 29 heavy (non-hydrogen) atoms. The third-order valence-electron chi connectivity index (χ3n) is 4.47. The van der Waals surface area contributed by atoms with Crippen LogP contribution >= 0.6 is 0 Å². The van der Waals surface area contributed by atoms with E-state index in [4.69, 9.17) is 4.52 Å². The first kappa shape index (κ1) is 18.4. The molecule has 2 aromatic heterocycles. The van der Waals surface area contributed by atoms with Crippen molar-refractivity contribution in [1.82, 2.24) is 19.6 Å². The van der Waals surface area contributed by atoms with Crippen LogP contribution in [0.1, 0.15) is 16.1 Å². The van der Waals surface area contributed by atoms with Crippen LogP contribution in [-0.4, -0.2) is 45.0 Å². The molecular weight excluding hydrogens is 370 g/mol. The maximum atomic E-state index is 12.6. The number of para-hydroxylation sites is 2. The highest BCUT2D eigenvalue weighted by Crippen LogP contribution is 2.18. The van der Waals surface area contributed by atoms with Crippen LogP contribution in [-0.2, 0) is 4.79 Å². The lowest BCUT2D eigenvalue weighted by Gasteiger charge is -2.16. The number of carbonyl (C=O) groups is 2. The van der Waals surface area contributed by atoms with E-state index in [-0.39, 0.29) is 18.4 Å². The van der Waals surface area contributed by atoms with Gasteiger partial charge >= 0.3 is 0 Å². The van der Waals surface area contributed by atoms with Crippen molar-refractivity contribution < 1.29 is 14.1 Å². The number of rotatable bonds is 5. The number of likely N-dealkylation sites (N-methyl/N-ethyl adjacent to an activating group) is 1. The number of nitrogens with one attached hydrogen (secondary N) is 1. The number of anilines is 1. The molecule has 4 aromatic rings. The number of amides is 2. The van der Waals surface area contributed by atoms with Crippen LogP contribution in [0, 0.1) is 6.92 Å². The number of aromatic nitrogens is 3. The van der Waals surface area contributed by atoms with Gasteiger partial charge in [-0.2, -0.15) is 0 Å². The number of aryl methyl sites for hydroxylation is 1. The molecule has 8 nitrogen and oxygen atoms in total. The lowest BCUT2D eigenvalue weighted by molar-refractivity contribution is -0.116. The number of nitrogens with zero attached hydrogens (tertiary/aromatic N) is 4. The monoisotopic (exact) mass is 389 g/mol. The summed E-state index contributed by atoms with van der Waals surface area (Å²) in [4.78, 5) is 30.5. The first-order valence-corrected chi connectivity index (χ1v) is 9.02. The van der Waals surface area contributed by atoms with Crippen molar-refractivity contribution in [3.05, 3.63) is 72.2 Å². The Labute approximate surface area is 166 Å². The third kappa shape index (κ3) is 3.86. The molecule has 0 saturated heterocycles. The topological polar surface area (TPSA) is 93.3 Å². The summed E-state index contributed by atoms with van der Waals surface area (Å²) in [7, 11) is 1.58. The van der Waals surface area contributed by atoms with E-state index in [9.17, 15) is 9.59 Å². The van der Waals surface area contributed by atoms with Crippen LogP contribution in [0.4, 0.5) is 5.82 Å². The van der Waals surface area contributed by atoms with Crippen molar-refractivity contribution in [2.75, 3.05) is 18.9 Å². The number of hydrogen-bond donors (Lipinski definition) is 1. The maximum absolute atomic E-state index is 12.6. The van der Waals surface area contributed by atoms with Gasteiger partial charge in [0.15, 0.2) is 5.82 Å². The van der Waals surface area contributed by atoms with E-state index in [1.807, 2.05) is 41.0 Å². The van der Waals surface area contributed by atoms with Gasteiger partial charge in [-0.1, -0.05) is 17.3 Å². The Balaban J connectivity index is 1.44. The number of hydrogen-bond acceptors (Lipinski definition) is 5. The molecule has 0 atom stereocenters. The van der Waals surface area contributed by atoms with Gasteiger partial charge in [-0.05, 0) is 43.3 Å². The van der Waals surface area contributed by atoms with E-state index in [0.29, 0.717) is 17.1 Å². The van der Waals surface area contributed by atoms with Gasteiger partial charge in [-0.25, -0.2) is 4.98 Å². The molecule has 8 heteroatoms. The van der Waals surface area contributed by atoms with E-state index in [2.05, 4.69) is 15.5 Å². The van der Waals surface area contributed by atoms with Gasteiger partial charge in [0.1, 0.15) is 12.1 Å². The highest BCUT2D eigenvalue weighted by molar-refractivity contribution is 5.99. The molecule has 0 spiro atoms. The standard InChI is InChI=1S/C21H19N5O3/c1-14-11-19(24-29-14)23-20(27)12-25(2)21(28)15-7-9-16(10-8-15)26-13-22-17-5-3-4-6-18(17)26/h3-11,13H,12H2,1-2H3,(H,23,24,27). The first-order valence-electron chi connectivity index (χ1n) is 9.02. The van der Waals surface area contributed by atoms with Gasteiger partial charge in [0.2, 0.25) is 5.91 Å². The quantitative estimate of drug-likeness (QED) is 0.566. The van der Waals surface area contributed by atoms with Crippen LogP contribution in [0.25, 0.3) is 16.7 Å². The number of carbonyl (C=O) groups excluding carboxylic acids is 2. The average Bonchev–Trinajstić information content (AvgIpc) is 3.33. The van der Waals surface area contributed by atoms with Gasteiger partial charge in [0.05, 0.1) is 17.6 Å². The minimum absolute atomic E-state index is 0.0986. The average molecular weight is 389 g/mol. The summed E-state index contributed by atoms with van der Waals surface area (Å²) in [5.41, 5.74) is 3.28. The Kier molecular flexibility index (Phi) is 4.82.